The number of benzene rings is 3. The molecule has 0 radical (unpaired) electrons. The molecule has 1 N–H and O–H groups in total. The molecule has 1 aliphatic rings. The fraction of sp³-hybridized carbons (Fsp3) is 0.207. The molecule has 0 heterocycles. The molecular weight excluding hydrogens is 424 g/mol. The lowest BCUT2D eigenvalue weighted by Crippen LogP contribution is -2.33. The van der Waals surface area contributed by atoms with Gasteiger partial charge >= 0.3 is 0 Å². The van der Waals surface area contributed by atoms with Crippen molar-refractivity contribution in [2.24, 2.45) is 0 Å². The number of thioether (sulfide) groups is 1. The minimum absolute atomic E-state index is 0.0521. The molecule has 0 fully saturated rings. The van der Waals surface area contributed by atoms with E-state index in [1.54, 1.807) is 11.8 Å². The van der Waals surface area contributed by atoms with Crippen LogP contribution in [0.3, 0.4) is 0 Å². The summed E-state index contributed by atoms with van der Waals surface area (Å²) in [7, 11) is 0. The van der Waals surface area contributed by atoms with Gasteiger partial charge in [-0.25, -0.2) is 0 Å². The second-order valence-corrected chi connectivity index (χ2v) is 8.99. The van der Waals surface area contributed by atoms with Crippen molar-refractivity contribution in [3.63, 3.8) is 0 Å². The van der Waals surface area contributed by atoms with Gasteiger partial charge < -0.3 is 5.32 Å². The van der Waals surface area contributed by atoms with Gasteiger partial charge in [-0.15, -0.1) is 11.8 Å². The monoisotopic (exact) mass is 454 g/mol. The number of carbonyl (C=O) groups is 1. The molecule has 4 heteroatoms. The lowest BCUT2D eigenvalue weighted by Gasteiger charge is -2.21. The fourth-order valence-electron chi connectivity index (χ4n) is 3.92. The minimum Gasteiger partial charge on any atom is -0.341 e. The zero-order valence-electron chi connectivity index (χ0n) is 19.2. The van der Waals surface area contributed by atoms with Crippen molar-refractivity contribution in [3.05, 3.63) is 108 Å². The standard InChI is InChI=1S/C29H30N2OS/c1-3-31(4-2)21-33-28-16-10-15-27(28)30-29(32)24-19-17-23(18-20-24)26-14-9-8-13-25(26)22-11-6-5-7-12-22/h5-20,27H,3-4,21H2,1-2H3,(H,30,32). The van der Waals surface area contributed by atoms with E-state index in [0.717, 1.165) is 30.1 Å². The molecule has 1 atom stereocenters. The summed E-state index contributed by atoms with van der Waals surface area (Å²) >= 11 is 1.80. The average Bonchev–Trinajstić information content (AvgIpc) is 3.32. The van der Waals surface area contributed by atoms with Crippen LogP contribution in [0.5, 0.6) is 0 Å². The molecule has 0 aromatic heterocycles. The summed E-state index contributed by atoms with van der Waals surface area (Å²) in [4.78, 5) is 16.5. The molecule has 0 saturated heterocycles. The van der Waals surface area contributed by atoms with Crippen LogP contribution in [-0.4, -0.2) is 35.8 Å². The highest BCUT2D eigenvalue weighted by Crippen LogP contribution is 2.32. The molecule has 0 spiro atoms. The van der Waals surface area contributed by atoms with Crippen LogP contribution >= 0.6 is 11.8 Å². The smallest absolute Gasteiger partial charge is 0.252 e. The topological polar surface area (TPSA) is 32.3 Å². The van der Waals surface area contributed by atoms with Crippen LogP contribution < -0.4 is 5.32 Å². The Hall–Kier alpha value is -3.08. The van der Waals surface area contributed by atoms with Gasteiger partial charge in [-0.3, -0.25) is 9.69 Å². The van der Waals surface area contributed by atoms with Crippen molar-refractivity contribution in [2.45, 2.75) is 19.9 Å². The van der Waals surface area contributed by atoms with Crippen LogP contribution in [0.1, 0.15) is 24.2 Å². The molecule has 3 aromatic carbocycles. The van der Waals surface area contributed by atoms with E-state index in [9.17, 15) is 4.79 Å². The highest BCUT2D eigenvalue weighted by Gasteiger charge is 2.19. The number of nitrogens with zero attached hydrogens (tertiary/aromatic N) is 1. The lowest BCUT2D eigenvalue weighted by atomic mass is 9.94. The van der Waals surface area contributed by atoms with Gasteiger partial charge in [0, 0.05) is 16.3 Å². The van der Waals surface area contributed by atoms with Crippen LogP contribution in [0, 0.1) is 0 Å². The Morgan fingerprint density at radius 1 is 0.848 bits per heavy atom. The maximum atomic E-state index is 12.9. The highest BCUT2D eigenvalue weighted by molar-refractivity contribution is 8.03. The van der Waals surface area contributed by atoms with Crippen molar-refractivity contribution in [1.82, 2.24) is 10.2 Å². The molecule has 3 nitrogen and oxygen atoms in total. The fourth-order valence-corrected chi connectivity index (χ4v) is 5.11. The number of amides is 1. The maximum Gasteiger partial charge on any atom is 0.252 e. The Labute approximate surface area is 201 Å². The third-order valence-electron chi connectivity index (χ3n) is 5.94. The van der Waals surface area contributed by atoms with E-state index in [2.05, 4.69) is 78.7 Å². The Kier molecular flexibility index (Phi) is 7.82. The van der Waals surface area contributed by atoms with Crippen molar-refractivity contribution in [2.75, 3.05) is 19.0 Å². The van der Waals surface area contributed by atoms with E-state index in [1.807, 2.05) is 42.5 Å². The van der Waals surface area contributed by atoms with Crippen molar-refractivity contribution >= 4 is 17.7 Å². The summed E-state index contributed by atoms with van der Waals surface area (Å²) in [5.74, 6) is 0.881. The number of allylic oxidation sites excluding steroid dienone is 2. The van der Waals surface area contributed by atoms with E-state index in [0.29, 0.717) is 5.56 Å². The van der Waals surface area contributed by atoms with Crippen LogP contribution in [0.2, 0.25) is 0 Å². The van der Waals surface area contributed by atoms with Crippen LogP contribution in [0.4, 0.5) is 0 Å². The first kappa shape index (κ1) is 23.1. The Morgan fingerprint density at radius 2 is 1.45 bits per heavy atom. The zero-order valence-corrected chi connectivity index (χ0v) is 20.0. The van der Waals surface area contributed by atoms with Gasteiger partial charge in [0.2, 0.25) is 0 Å². The van der Waals surface area contributed by atoms with E-state index in [4.69, 9.17) is 0 Å². The molecule has 1 aliphatic carbocycles. The normalized spacial score (nSPS) is 15.0. The van der Waals surface area contributed by atoms with E-state index >= 15 is 0 Å². The van der Waals surface area contributed by atoms with Gasteiger partial charge in [-0.1, -0.05) is 98.8 Å². The molecule has 168 valence electrons. The quantitative estimate of drug-likeness (QED) is 0.370. The van der Waals surface area contributed by atoms with Gasteiger partial charge in [0.1, 0.15) is 0 Å². The molecule has 3 aromatic rings. The Balaban J connectivity index is 1.45. The zero-order chi connectivity index (χ0) is 23.0. The maximum absolute atomic E-state index is 12.9. The number of hydrogen-bond acceptors (Lipinski definition) is 3. The lowest BCUT2D eigenvalue weighted by molar-refractivity contribution is 0.0950. The predicted octanol–water partition coefficient (Wildman–Crippen LogP) is 6.61. The van der Waals surface area contributed by atoms with E-state index in [1.165, 1.54) is 16.0 Å². The molecule has 1 amide bonds. The second-order valence-electron chi connectivity index (χ2n) is 7.97. The van der Waals surface area contributed by atoms with Crippen LogP contribution in [0.15, 0.2) is 102 Å². The van der Waals surface area contributed by atoms with Gasteiger partial charge in [-0.05, 0) is 47.5 Å². The van der Waals surface area contributed by atoms with Gasteiger partial charge in [0.05, 0.1) is 6.04 Å². The van der Waals surface area contributed by atoms with Crippen LogP contribution in [-0.2, 0) is 0 Å². The number of carbonyl (C=O) groups excluding carboxylic acids is 1. The van der Waals surface area contributed by atoms with Crippen molar-refractivity contribution in [1.29, 1.82) is 0 Å². The van der Waals surface area contributed by atoms with Gasteiger partial charge in [-0.2, -0.15) is 0 Å². The highest BCUT2D eigenvalue weighted by atomic mass is 32.2. The molecule has 0 aliphatic heterocycles. The van der Waals surface area contributed by atoms with Crippen LogP contribution in [0.25, 0.3) is 22.3 Å². The summed E-state index contributed by atoms with van der Waals surface area (Å²) in [5, 5.41) is 3.17. The molecule has 0 saturated carbocycles. The summed E-state index contributed by atoms with van der Waals surface area (Å²) in [6, 6.07) is 26.6. The van der Waals surface area contributed by atoms with E-state index < -0.39 is 0 Å². The summed E-state index contributed by atoms with van der Waals surface area (Å²) in [6.45, 7) is 6.40. The first-order chi connectivity index (χ1) is 16.2. The molecule has 33 heavy (non-hydrogen) atoms. The Bertz CT molecular complexity index is 1130. The summed E-state index contributed by atoms with van der Waals surface area (Å²) in [6.07, 6.45) is 6.18. The van der Waals surface area contributed by atoms with E-state index in [-0.39, 0.29) is 11.9 Å². The van der Waals surface area contributed by atoms with Crippen molar-refractivity contribution in [3.8, 4) is 22.3 Å². The second kappa shape index (κ2) is 11.2. The average molecular weight is 455 g/mol. The summed E-state index contributed by atoms with van der Waals surface area (Å²) < 4.78 is 0. The third-order valence-corrected chi connectivity index (χ3v) is 7.15. The van der Waals surface area contributed by atoms with Gasteiger partial charge in [0.25, 0.3) is 5.91 Å². The number of hydrogen-bond donors (Lipinski definition) is 1. The largest absolute Gasteiger partial charge is 0.341 e. The molecular formula is C29H30N2OS. The van der Waals surface area contributed by atoms with Crippen molar-refractivity contribution < 1.29 is 4.79 Å². The molecule has 4 rings (SSSR count). The predicted molar refractivity (Wildman–Crippen MR) is 141 cm³/mol. The van der Waals surface area contributed by atoms with Gasteiger partial charge in [0.15, 0.2) is 0 Å². The Morgan fingerprint density at radius 3 is 2.09 bits per heavy atom. The number of rotatable bonds is 9. The first-order valence-corrected chi connectivity index (χ1v) is 12.5. The molecule has 0 bridgehead atoms. The molecule has 1 unspecified atom stereocenters. The summed E-state index contributed by atoms with van der Waals surface area (Å²) in [5.41, 5.74) is 5.30. The SMILES string of the molecule is CCN(CC)CSC1=CC=CC1NC(=O)c1ccc(-c2ccccc2-c2ccccc2)cc1. The number of nitrogens with one attached hydrogen (secondary N) is 1. The first-order valence-electron chi connectivity index (χ1n) is 11.5. The third kappa shape index (κ3) is 5.65. The minimum atomic E-state index is -0.0588.